The monoisotopic (exact) mass is 202 g/mol. The fourth-order valence-electron chi connectivity index (χ4n) is 1.39. The first-order valence-electron chi connectivity index (χ1n) is 5.35. The zero-order valence-electron chi connectivity index (χ0n) is 9.21. The summed E-state index contributed by atoms with van der Waals surface area (Å²) >= 11 is 0. The highest BCUT2D eigenvalue weighted by molar-refractivity contribution is 4.72. The maximum atomic E-state index is 5.53. The Morgan fingerprint density at radius 1 is 1.29 bits per heavy atom. The van der Waals surface area contributed by atoms with Gasteiger partial charge in [0.25, 0.3) is 0 Å². The van der Waals surface area contributed by atoms with Crippen molar-refractivity contribution in [2.24, 2.45) is 5.73 Å². The summed E-state index contributed by atoms with van der Waals surface area (Å²) in [5.74, 6) is -0.407. The number of unbranched alkanes of at least 4 members (excludes halogenated alkanes) is 1. The molecule has 0 aromatic rings. The zero-order valence-corrected chi connectivity index (χ0v) is 9.21. The van der Waals surface area contributed by atoms with Crippen LogP contribution in [0.25, 0.3) is 0 Å². The molecule has 1 heterocycles. The van der Waals surface area contributed by atoms with Gasteiger partial charge < -0.3 is 20.5 Å². The molecule has 1 saturated heterocycles. The van der Waals surface area contributed by atoms with Gasteiger partial charge in [0, 0.05) is 0 Å². The average molecular weight is 202 g/mol. The van der Waals surface area contributed by atoms with E-state index in [-0.39, 0.29) is 0 Å². The zero-order chi connectivity index (χ0) is 10.4. The third-order valence-electron chi connectivity index (χ3n) is 2.33. The van der Waals surface area contributed by atoms with Crippen LogP contribution < -0.4 is 11.1 Å². The molecule has 84 valence electrons. The Hall–Kier alpha value is -0.160. The van der Waals surface area contributed by atoms with Crippen LogP contribution >= 0.6 is 0 Å². The van der Waals surface area contributed by atoms with Gasteiger partial charge in [0.05, 0.1) is 19.3 Å². The third-order valence-corrected chi connectivity index (χ3v) is 2.33. The average Bonchev–Trinajstić information content (AvgIpc) is 2.15. The smallest absolute Gasteiger partial charge is 0.162 e. The number of hydrogen-bond donors (Lipinski definition) is 2. The molecule has 0 saturated carbocycles. The molecular weight excluding hydrogens is 180 g/mol. The Bertz CT molecular complexity index is 152. The standard InChI is InChI=1S/C10H22N2O2/c1-10(2)13-7-9(8-14-10)12-6-4-3-5-11/h9,12H,3-8,11H2,1-2H3. The largest absolute Gasteiger partial charge is 0.349 e. The minimum absolute atomic E-state index is 0.334. The minimum atomic E-state index is -0.407. The van der Waals surface area contributed by atoms with Gasteiger partial charge in [0.1, 0.15) is 0 Å². The van der Waals surface area contributed by atoms with Gasteiger partial charge in [-0.25, -0.2) is 0 Å². The van der Waals surface area contributed by atoms with Crippen molar-refractivity contribution in [1.29, 1.82) is 0 Å². The maximum absolute atomic E-state index is 5.53. The number of hydrogen-bond acceptors (Lipinski definition) is 4. The number of ether oxygens (including phenoxy) is 2. The summed E-state index contributed by atoms with van der Waals surface area (Å²) in [5.41, 5.74) is 5.41. The van der Waals surface area contributed by atoms with Crippen LogP contribution in [-0.2, 0) is 9.47 Å². The van der Waals surface area contributed by atoms with E-state index in [1.54, 1.807) is 0 Å². The predicted octanol–water partition coefficient (Wildman–Crippen LogP) is 0.466. The molecule has 0 aromatic carbocycles. The lowest BCUT2D eigenvalue weighted by molar-refractivity contribution is -0.252. The first-order valence-corrected chi connectivity index (χ1v) is 5.35. The second-order valence-electron chi connectivity index (χ2n) is 4.17. The summed E-state index contributed by atoms with van der Waals surface area (Å²) in [6.07, 6.45) is 2.20. The van der Waals surface area contributed by atoms with Gasteiger partial charge in [-0.1, -0.05) is 0 Å². The van der Waals surface area contributed by atoms with Crippen LogP contribution in [0.15, 0.2) is 0 Å². The van der Waals surface area contributed by atoms with Crippen LogP contribution in [0.1, 0.15) is 26.7 Å². The molecule has 0 aromatic heterocycles. The molecule has 0 unspecified atom stereocenters. The van der Waals surface area contributed by atoms with E-state index in [2.05, 4.69) is 5.32 Å². The third kappa shape index (κ3) is 4.37. The Balaban J connectivity index is 2.04. The van der Waals surface area contributed by atoms with Gasteiger partial charge in [-0.2, -0.15) is 0 Å². The highest BCUT2D eigenvalue weighted by Gasteiger charge is 2.27. The van der Waals surface area contributed by atoms with E-state index in [1.807, 2.05) is 13.8 Å². The van der Waals surface area contributed by atoms with Crippen molar-refractivity contribution in [2.45, 2.75) is 38.5 Å². The molecule has 0 radical (unpaired) electrons. The molecule has 0 bridgehead atoms. The molecule has 4 heteroatoms. The first kappa shape index (κ1) is 11.9. The SMILES string of the molecule is CC1(C)OCC(NCCCCN)CO1. The van der Waals surface area contributed by atoms with Gasteiger partial charge in [-0.05, 0) is 39.8 Å². The summed E-state index contributed by atoms with van der Waals surface area (Å²) in [6.45, 7) is 7.11. The van der Waals surface area contributed by atoms with E-state index >= 15 is 0 Å². The Morgan fingerprint density at radius 2 is 1.93 bits per heavy atom. The molecule has 3 N–H and O–H groups in total. The number of nitrogens with two attached hydrogens (primary N) is 1. The Kier molecular flexibility index (Phi) is 4.81. The normalized spacial score (nSPS) is 22.5. The van der Waals surface area contributed by atoms with Crippen molar-refractivity contribution in [3.05, 3.63) is 0 Å². The first-order chi connectivity index (χ1) is 6.64. The van der Waals surface area contributed by atoms with Crippen LogP contribution in [0, 0.1) is 0 Å². The van der Waals surface area contributed by atoms with Crippen LogP contribution in [0.5, 0.6) is 0 Å². The molecule has 0 atom stereocenters. The second kappa shape index (κ2) is 5.66. The van der Waals surface area contributed by atoms with Gasteiger partial charge in [0.15, 0.2) is 5.79 Å². The van der Waals surface area contributed by atoms with E-state index in [9.17, 15) is 0 Å². The molecule has 1 fully saturated rings. The van der Waals surface area contributed by atoms with Crippen LogP contribution in [0.4, 0.5) is 0 Å². The van der Waals surface area contributed by atoms with Crippen molar-refractivity contribution in [3.63, 3.8) is 0 Å². The topological polar surface area (TPSA) is 56.5 Å². The summed E-state index contributed by atoms with van der Waals surface area (Å²) in [6, 6.07) is 0.334. The second-order valence-corrected chi connectivity index (χ2v) is 4.17. The van der Waals surface area contributed by atoms with Crippen molar-refractivity contribution >= 4 is 0 Å². The van der Waals surface area contributed by atoms with E-state index in [1.165, 1.54) is 0 Å². The van der Waals surface area contributed by atoms with E-state index in [0.29, 0.717) is 6.04 Å². The van der Waals surface area contributed by atoms with Gasteiger partial charge in [-0.3, -0.25) is 0 Å². The van der Waals surface area contributed by atoms with Crippen molar-refractivity contribution in [2.75, 3.05) is 26.3 Å². The van der Waals surface area contributed by atoms with Crippen LogP contribution in [-0.4, -0.2) is 38.1 Å². The Morgan fingerprint density at radius 3 is 2.50 bits per heavy atom. The summed E-state index contributed by atoms with van der Waals surface area (Å²) in [4.78, 5) is 0. The van der Waals surface area contributed by atoms with E-state index in [4.69, 9.17) is 15.2 Å². The molecule has 1 aliphatic rings. The van der Waals surface area contributed by atoms with Crippen LogP contribution in [0.2, 0.25) is 0 Å². The van der Waals surface area contributed by atoms with Gasteiger partial charge in [-0.15, -0.1) is 0 Å². The highest BCUT2D eigenvalue weighted by atomic mass is 16.7. The highest BCUT2D eigenvalue weighted by Crippen LogP contribution is 2.16. The molecule has 1 aliphatic heterocycles. The fraction of sp³-hybridized carbons (Fsp3) is 1.00. The van der Waals surface area contributed by atoms with E-state index < -0.39 is 5.79 Å². The van der Waals surface area contributed by atoms with Crippen molar-refractivity contribution in [3.8, 4) is 0 Å². The summed E-state index contributed by atoms with van der Waals surface area (Å²) in [5, 5.41) is 3.39. The molecule has 1 rings (SSSR count). The lowest BCUT2D eigenvalue weighted by Crippen LogP contribution is -2.48. The molecular formula is C10H22N2O2. The van der Waals surface area contributed by atoms with Gasteiger partial charge >= 0.3 is 0 Å². The van der Waals surface area contributed by atoms with Crippen molar-refractivity contribution < 1.29 is 9.47 Å². The summed E-state index contributed by atoms with van der Waals surface area (Å²) < 4.78 is 11.1. The lowest BCUT2D eigenvalue weighted by atomic mass is 10.2. The lowest BCUT2D eigenvalue weighted by Gasteiger charge is -2.35. The van der Waals surface area contributed by atoms with Crippen molar-refractivity contribution in [1.82, 2.24) is 5.32 Å². The quantitative estimate of drug-likeness (QED) is 0.636. The summed E-state index contributed by atoms with van der Waals surface area (Å²) in [7, 11) is 0. The fourth-order valence-corrected chi connectivity index (χ4v) is 1.39. The molecule has 4 nitrogen and oxygen atoms in total. The molecule has 0 aliphatic carbocycles. The minimum Gasteiger partial charge on any atom is -0.349 e. The Labute approximate surface area is 86.1 Å². The predicted molar refractivity (Wildman–Crippen MR) is 56.1 cm³/mol. The van der Waals surface area contributed by atoms with Crippen LogP contribution in [0.3, 0.4) is 0 Å². The van der Waals surface area contributed by atoms with E-state index in [0.717, 1.165) is 39.1 Å². The molecule has 14 heavy (non-hydrogen) atoms. The van der Waals surface area contributed by atoms with Gasteiger partial charge in [0.2, 0.25) is 0 Å². The molecule has 0 spiro atoms. The maximum Gasteiger partial charge on any atom is 0.162 e. The number of nitrogens with one attached hydrogen (secondary N) is 1. The molecule has 0 amide bonds. The number of rotatable bonds is 5.